The molecule has 0 aliphatic heterocycles. The molecule has 0 aromatic heterocycles. The molecule has 0 aliphatic rings. The van der Waals surface area contributed by atoms with E-state index in [1.807, 2.05) is 6.92 Å². The first kappa shape index (κ1) is 14.1. The molecule has 0 bridgehead atoms. The molecule has 1 atom stereocenters. The summed E-state index contributed by atoms with van der Waals surface area (Å²) < 4.78 is 36.9. The number of rotatable bonds is 4. The summed E-state index contributed by atoms with van der Waals surface area (Å²) in [7, 11) is -3.32. The fourth-order valence-electron chi connectivity index (χ4n) is 1.85. The van der Waals surface area contributed by atoms with Gasteiger partial charge >= 0.3 is 0 Å². The molecule has 0 heterocycles. The van der Waals surface area contributed by atoms with E-state index in [1.165, 1.54) is 12.1 Å². The van der Waals surface area contributed by atoms with Gasteiger partial charge in [-0.2, -0.15) is 0 Å². The Labute approximate surface area is 102 Å². The quantitative estimate of drug-likeness (QED) is 0.841. The van der Waals surface area contributed by atoms with Crippen LogP contribution in [-0.2, 0) is 9.84 Å². The molecule has 1 unspecified atom stereocenters. The Kier molecular flexibility index (Phi) is 4.27. The largest absolute Gasteiger partial charge is 0.330 e. The minimum atomic E-state index is -3.32. The Bertz CT molecular complexity index is 511. The molecular formula is C12H18FNO2S. The summed E-state index contributed by atoms with van der Waals surface area (Å²) in [6, 6.07) is 2.71. The van der Waals surface area contributed by atoms with Crippen molar-refractivity contribution in [3.8, 4) is 0 Å². The second-order valence-corrected chi connectivity index (χ2v) is 6.37. The van der Waals surface area contributed by atoms with E-state index in [2.05, 4.69) is 0 Å². The van der Waals surface area contributed by atoms with Gasteiger partial charge in [0.25, 0.3) is 0 Å². The van der Waals surface area contributed by atoms with E-state index in [0.29, 0.717) is 24.1 Å². The standard InChI is InChI=1S/C12H18FNO2S/c1-8(4-5-14)10-7-12(17(3,15)16)9(2)6-11(10)13/h6-8H,4-5,14H2,1-3H3. The molecule has 0 radical (unpaired) electrons. The lowest BCUT2D eigenvalue weighted by atomic mass is 9.96. The van der Waals surface area contributed by atoms with Gasteiger partial charge in [0.1, 0.15) is 5.82 Å². The van der Waals surface area contributed by atoms with Gasteiger partial charge in [-0.25, -0.2) is 12.8 Å². The van der Waals surface area contributed by atoms with Gasteiger partial charge in [-0.15, -0.1) is 0 Å². The van der Waals surface area contributed by atoms with Crippen LogP contribution in [0.3, 0.4) is 0 Å². The first-order valence-corrected chi connectivity index (χ1v) is 7.36. The second kappa shape index (κ2) is 5.14. The molecule has 1 aromatic rings. The van der Waals surface area contributed by atoms with Gasteiger partial charge in [0.2, 0.25) is 0 Å². The van der Waals surface area contributed by atoms with Crippen LogP contribution in [0.15, 0.2) is 17.0 Å². The molecular weight excluding hydrogens is 241 g/mol. The zero-order valence-electron chi connectivity index (χ0n) is 10.3. The first-order chi connectivity index (χ1) is 7.77. The van der Waals surface area contributed by atoms with E-state index in [9.17, 15) is 12.8 Å². The molecule has 0 spiro atoms. The minimum Gasteiger partial charge on any atom is -0.330 e. The molecule has 0 amide bonds. The summed E-state index contributed by atoms with van der Waals surface area (Å²) in [6.07, 6.45) is 1.76. The Hall–Kier alpha value is -0.940. The van der Waals surface area contributed by atoms with Gasteiger partial charge in [-0.3, -0.25) is 0 Å². The molecule has 0 aliphatic carbocycles. The van der Waals surface area contributed by atoms with E-state index >= 15 is 0 Å². The molecule has 96 valence electrons. The van der Waals surface area contributed by atoms with E-state index in [1.54, 1.807) is 6.92 Å². The van der Waals surface area contributed by atoms with Crippen LogP contribution >= 0.6 is 0 Å². The maximum absolute atomic E-state index is 13.8. The fourth-order valence-corrected chi connectivity index (χ4v) is 2.84. The number of hydrogen-bond donors (Lipinski definition) is 1. The van der Waals surface area contributed by atoms with Gasteiger partial charge in [0.15, 0.2) is 9.84 Å². The summed E-state index contributed by atoms with van der Waals surface area (Å²) in [5.41, 5.74) is 6.29. The third kappa shape index (κ3) is 3.26. The molecule has 2 N–H and O–H groups in total. The smallest absolute Gasteiger partial charge is 0.175 e. The molecule has 3 nitrogen and oxygen atoms in total. The van der Waals surface area contributed by atoms with Gasteiger partial charge in [0, 0.05) is 6.26 Å². The summed E-state index contributed by atoms with van der Waals surface area (Å²) in [5, 5.41) is 0. The number of halogens is 1. The van der Waals surface area contributed by atoms with Crippen LogP contribution in [0.25, 0.3) is 0 Å². The van der Waals surface area contributed by atoms with Gasteiger partial charge < -0.3 is 5.73 Å². The topological polar surface area (TPSA) is 60.2 Å². The summed E-state index contributed by atoms with van der Waals surface area (Å²) in [4.78, 5) is 0.192. The van der Waals surface area contributed by atoms with E-state index in [0.717, 1.165) is 6.26 Å². The maximum Gasteiger partial charge on any atom is 0.175 e. The van der Waals surface area contributed by atoms with Crippen LogP contribution < -0.4 is 5.73 Å². The van der Waals surface area contributed by atoms with Gasteiger partial charge in [-0.05, 0) is 49.1 Å². The lowest BCUT2D eigenvalue weighted by Gasteiger charge is -2.14. The van der Waals surface area contributed by atoms with Crippen LogP contribution in [0.2, 0.25) is 0 Å². The van der Waals surface area contributed by atoms with Crippen molar-refractivity contribution in [3.63, 3.8) is 0 Å². The van der Waals surface area contributed by atoms with Crippen LogP contribution in [0, 0.1) is 12.7 Å². The summed E-state index contributed by atoms with van der Waals surface area (Å²) in [5.74, 6) is -0.447. The van der Waals surface area contributed by atoms with Crippen LogP contribution in [0.4, 0.5) is 4.39 Å². The summed E-state index contributed by atoms with van der Waals surface area (Å²) in [6.45, 7) is 3.88. The second-order valence-electron chi connectivity index (χ2n) is 4.39. The highest BCUT2D eigenvalue weighted by Crippen LogP contribution is 2.27. The molecule has 1 rings (SSSR count). The average molecular weight is 259 g/mol. The number of sulfone groups is 1. The maximum atomic E-state index is 13.8. The Morgan fingerprint density at radius 3 is 2.47 bits per heavy atom. The average Bonchev–Trinajstić information content (AvgIpc) is 2.15. The lowest BCUT2D eigenvalue weighted by Crippen LogP contribution is -2.09. The number of nitrogens with two attached hydrogens (primary N) is 1. The van der Waals surface area contributed by atoms with Crippen molar-refractivity contribution in [2.45, 2.75) is 31.1 Å². The van der Waals surface area contributed by atoms with Gasteiger partial charge in [-0.1, -0.05) is 6.92 Å². The highest BCUT2D eigenvalue weighted by molar-refractivity contribution is 7.90. The predicted molar refractivity (Wildman–Crippen MR) is 66.3 cm³/mol. The van der Waals surface area contributed by atoms with E-state index < -0.39 is 9.84 Å². The molecule has 0 fully saturated rings. The van der Waals surface area contributed by atoms with Crippen molar-refractivity contribution in [2.75, 3.05) is 12.8 Å². The summed E-state index contributed by atoms with van der Waals surface area (Å²) >= 11 is 0. The van der Waals surface area contributed by atoms with Crippen LogP contribution in [-0.4, -0.2) is 21.2 Å². The zero-order valence-corrected chi connectivity index (χ0v) is 11.1. The van der Waals surface area contributed by atoms with E-state index in [4.69, 9.17) is 5.73 Å². The Morgan fingerprint density at radius 2 is 2.00 bits per heavy atom. The van der Waals surface area contributed by atoms with Gasteiger partial charge in [0.05, 0.1) is 4.90 Å². The molecule has 1 aromatic carbocycles. The van der Waals surface area contributed by atoms with Crippen molar-refractivity contribution in [2.24, 2.45) is 5.73 Å². The third-order valence-electron chi connectivity index (χ3n) is 2.82. The molecule has 17 heavy (non-hydrogen) atoms. The van der Waals surface area contributed by atoms with E-state index in [-0.39, 0.29) is 16.6 Å². The van der Waals surface area contributed by atoms with Crippen molar-refractivity contribution < 1.29 is 12.8 Å². The minimum absolute atomic E-state index is 0.0823. The lowest BCUT2D eigenvalue weighted by molar-refractivity contribution is 0.571. The van der Waals surface area contributed by atoms with Crippen LogP contribution in [0.1, 0.15) is 30.4 Å². The third-order valence-corrected chi connectivity index (χ3v) is 4.06. The first-order valence-electron chi connectivity index (χ1n) is 5.47. The fraction of sp³-hybridized carbons (Fsp3) is 0.500. The van der Waals surface area contributed by atoms with Crippen molar-refractivity contribution in [1.29, 1.82) is 0 Å². The zero-order chi connectivity index (χ0) is 13.2. The Balaban J connectivity index is 3.34. The highest BCUT2D eigenvalue weighted by Gasteiger charge is 2.18. The molecule has 0 saturated carbocycles. The monoisotopic (exact) mass is 259 g/mol. The highest BCUT2D eigenvalue weighted by atomic mass is 32.2. The Morgan fingerprint density at radius 1 is 1.41 bits per heavy atom. The normalized spacial score (nSPS) is 13.7. The number of hydrogen-bond acceptors (Lipinski definition) is 3. The van der Waals surface area contributed by atoms with Crippen LogP contribution in [0.5, 0.6) is 0 Å². The predicted octanol–water partition coefficient (Wildman–Crippen LogP) is 1.99. The SMILES string of the molecule is Cc1cc(F)c(C(C)CCN)cc1S(C)(=O)=O. The van der Waals surface area contributed by atoms with Crippen molar-refractivity contribution in [3.05, 3.63) is 29.1 Å². The molecule has 0 saturated heterocycles. The number of aryl methyl sites for hydroxylation is 1. The van der Waals surface area contributed by atoms with Crippen molar-refractivity contribution in [1.82, 2.24) is 0 Å². The number of benzene rings is 1. The molecule has 5 heteroatoms. The van der Waals surface area contributed by atoms with Crippen molar-refractivity contribution >= 4 is 9.84 Å².